The van der Waals surface area contributed by atoms with Crippen molar-refractivity contribution in [2.24, 2.45) is 0 Å². The summed E-state index contributed by atoms with van der Waals surface area (Å²) in [6, 6.07) is 1.56. The van der Waals surface area contributed by atoms with E-state index in [1.807, 2.05) is 0 Å². The van der Waals surface area contributed by atoms with Crippen LogP contribution >= 0.6 is 11.3 Å². The molecule has 4 heterocycles. The van der Waals surface area contributed by atoms with Gasteiger partial charge in [-0.2, -0.15) is 0 Å². The Balaban J connectivity index is 1.67. The van der Waals surface area contributed by atoms with Crippen LogP contribution in [0.5, 0.6) is 0 Å². The maximum Gasteiger partial charge on any atom is 0.323 e. The molecule has 4 rings (SSSR count). The molecule has 0 saturated carbocycles. The molecule has 0 bridgehead atoms. The predicted molar refractivity (Wildman–Crippen MR) is 90.2 cm³/mol. The molecule has 2 aromatic rings. The molecule has 2 aromatic heterocycles. The highest BCUT2D eigenvalue weighted by Crippen LogP contribution is 2.41. The lowest BCUT2D eigenvalue weighted by Crippen LogP contribution is -2.46. The number of pyridine rings is 1. The molecule has 0 spiro atoms. The molecule has 120 valence electrons. The monoisotopic (exact) mass is 331 g/mol. The molecule has 1 fully saturated rings. The van der Waals surface area contributed by atoms with Crippen LogP contribution in [-0.2, 0) is 0 Å². The predicted octanol–water partition coefficient (Wildman–Crippen LogP) is 2.08. The molecular formula is C15H17N5O2S. The van der Waals surface area contributed by atoms with Crippen LogP contribution < -0.4 is 16.0 Å². The molecule has 3 N–H and O–H groups in total. The number of anilines is 2. The zero-order chi connectivity index (χ0) is 16.0. The summed E-state index contributed by atoms with van der Waals surface area (Å²) in [5, 5.41) is 9.39. The third-order valence-electron chi connectivity index (χ3n) is 4.24. The molecular weight excluding hydrogens is 314 g/mol. The number of hydrogen-bond donors (Lipinski definition) is 3. The highest BCUT2D eigenvalue weighted by Gasteiger charge is 2.28. The topological polar surface area (TPSA) is 86.4 Å². The van der Waals surface area contributed by atoms with E-state index in [0.717, 1.165) is 36.1 Å². The molecule has 1 saturated heterocycles. The number of likely N-dealkylation sites (N-methyl/N-ethyl adjacent to an activating group) is 1. The van der Waals surface area contributed by atoms with Crippen molar-refractivity contribution in [1.29, 1.82) is 0 Å². The van der Waals surface area contributed by atoms with E-state index >= 15 is 0 Å². The van der Waals surface area contributed by atoms with Crippen LogP contribution in [-0.4, -0.2) is 48.0 Å². The molecule has 2 aliphatic heterocycles. The summed E-state index contributed by atoms with van der Waals surface area (Å²) in [5.74, 6) is -0.142. The molecule has 2 aliphatic rings. The summed E-state index contributed by atoms with van der Waals surface area (Å²) in [6.45, 7) is 1.92. The maximum absolute atomic E-state index is 12.7. The molecule has 0 radical (unpaired) electrons. The van der Waals surface area contributed by atoms with Gasteiger partial charge in [-0.3, -0.25) is 4.79 Å². The molecule has 0 aliphatic carbocycles. The van der Waals surface area contributed by atoms with E-state index in [4.69, 9.17) is 0 Å². The first-order valence-electron chi connectivity index (χ1n) is 7.61. The second kappa shape index (κ2) is 5.47. The fourth-order valence-corrected chi connectivity index (χ4v) is 4.24. The van der Waals surface area contributed by atoms with Crippen LogP contribution in [0.1, 0.15) is 22.5 Å². The van der Waals surface area contributed by atoms with Crippen molar-refractivity contribution in [3.8, 4) is 0 Å². The number of carbonyl (C=O) groups excluding carboxylic acids is 2. The number of likely N-dealkylation sites (tertiary alicyclic amines) is 1. The molecule has 8 heteroatoms. The Hall–Kier alpha value is -2.19. The Kier molecular flexibility index (Phi) is 3.42. The van der Waals surface area contributed by atoms with Crippen molar-refractivity contribution < 1.29 is 9.59 Å². The summed E-state index contributed by atoms with van der Waals surface area (Å²) in [6.07, 6.45) is 3.70. The standard InChI is InChI=1S/C15H17N5O2S/c1-20-6-2-3-8(7-20)17-13(21)12-11-10-9(18-15(22)19-11)4-5-16-14(10)23-12/h4-5,8H,2-3,6-7H2,1H3,(H,17,21)(H2,18,19,22)/t8-/m1/s1. The highest BCUT2D eigenvalue weighted by atomic mass is 32.1. The molecule has 3 amide bonds. The molecule has 0 unspecified atom stereocenters. The Morgan fingerprint density at radius 1 is 1.48 bits per heavy atom. The first kappa shape index (κ1) is 14.4. The van der Waals surface area contributed by atoms with E-state index in [-0.39, 0.29) is 18.0 Å². The normalized spacial score (nSPS) is 20.9. The summed E-state index contributed by atoms with van der Waals surface area (Å²) in [4.78, 5) is 32.3. The SMILES string of the molecule is CN1CCC[C@@H](NC(=O)c2sc3nccc4c3c2NC(=O)N4)C1. The van der Waals surface area contributed by atoms with Crippen molar-refractivity contribution >= 4 is 44.9 Å². The largest absolute Gasteiger partial charge is 0.347 e. The van der Waals surface area contributed by atoms with E-state index in [1.54, 1.807) is 12.3 Å². The van der Waals surface area contributed by atoms with Gasteiger partial charge >= 0.3 is 6.03 Å². The third-order valence-corrected chi connectivity index (χ3v) is 5.34. The summed E-state index contributed by atoms with van der Waals surface area (Å²) in [7, 11) is 2.06. The quantitative estimate of drug-likeness (QED) is 0.786. The van der Waals surface area contributed by atoms with Crippen molar-refractivity contribution in [2.45, 2.75) is 18.9 Å². The minimum atomic E-state index is -0.324. The fraction of sp³-hybridized carbons (Fsp3) is 0.400. The van der Waals surface area contributed by atoms with Gasteiger partial charge in [0.25, 0.3) is 5.91 Å². The van der Waals surface area contributed by atoms with Crippen LogP contribution in [0.15, 0.2) is 12.3 Å². The molecule has 23 heavy (non-hydrogen) atoms. The second-order valence-corrected chi connectivity index (χ2v) is 7.00. The van der Waals surface area contributed by atoms with Gasteiger partial charge in [0.15, 0.2) is 0 Å². The molecule has 0 aromatic carbocycles. The van der Waals surface area contributed by atoms with Gasteiger partial charge in [0.05, 0.1) is 16.8 Å². The van der Waals surface area contributed by atoms with Gasteiger partial charge in [-0.25, -0.2) is 9.78 Å². The van der Waals surface area contributed by atoms with Crippen LogP contribution in [0.2, 0.25) is 0 Å². The van der Waals surface area contributed by atoms with Crippen molar-refractivity contribution in [3.63, 3.8) is 0 Å². The van der Waals surface area contributed by atoms with Gasteiger partial charge in [0.2, 0.25) is 0 Å². The number of nitrogens with zero attached hydrogens (tertiary/aromatic N) is 2. The Labute approximate surface area is 137 Å². The lowest BCUT2D eigenvalue weighted by Gasteiger charge is -2.30. The first-order chi connectivity index (χ1) is 11.1. The maximum atomic E-state index is 12.7. The Morgan fingerprint density at radius 3 is 3.17 bits per heavy atom. The van der Waals surface area contributed by atoms with Crippen molar-refractivity contribution in [3.05, 3.63) is 17.1 Å². The minimum absolute atomic E-state index is 0.142. The average molecular weight is 331 g/mol. The number of rotatable bonds is 2. The Bertz CT molecular complexity index is 803. The van der Waals surface area contributed by atoms with Gasteiger partial charge in [0, 0.05) is 18.8 Å². The average Bonchev–Trinajstić information content (AvgIpc) is 2.87. The number of nitrogens with one attached hydrogen (secondary N) is 3. The smallest absolute Gasteiger partial charge is 0.323 e. The number of aromatic nitrogens is 1. The van der Waals surface area contributed by atoms with E-state index < -0.39 is 0 Å². The summed E-state index contributed by atoms with van der Waals surface area (Å²) < 4.78 is 0. The van der Waals surface area contributed by atoms with E-state index in [2.05, 4.69) is 32.9 Å². The summed E-state index contributed by atoms with van der Waals surface area (Å²) in [5.41, 5.74) is 1.26. The third kappa shape index (κ3) is 2.53. The number of carbonyl (C=O) groups is 2. The van der Waals surface area contributed by atoms with Gasteiger partial charge < -0.3 is 20.9 Å². The number of thiophene rings is 1. The van der Waals surface area contributed by atoms with E-state index in [9.17, 15) is 9.59 Å². The van der Waals surface area contributed by atoms with Crippen LogP contribution in [0.4, 0.5) is 16.2 Å². The van der Waals surface area contributed by atoms with Gasteiger partial charge in [-0.1, -0.05) is 0 Å². The first-order valence-corrected chi connectivity index (χ1v) is 8.42. The van der Waals surface area contributed by atoms with Gasteiger partial charge in [0.1, 0.15) is 9.71 Å². The van der Waals surface area contributed by atoms with Crippen molar-refractivity contribution in [1.82, 2.24) is 15.2 Å². The fourth-order valence-electron chi connectivity index (χ4n) is 3.21. The summed E-state index contributed by atoms with van der Waals surface area (Å²) >= 11 is 1.31. The van der Waals surface area contributed by atoms with Gasteiger partial charge in [-0.15, -0.1) is 11.3 Å². The minimum Gasteiger partial charge on any atom is -0.347 e. The number of urea groups is 1. The van der Waals surface area contributed by atoms with Crippen LogP contribution in [0.25, 0.3) is 10.2 Å². The number of piperidine rings is 1. The highest BCUT2D eigenvalue weighted by molar-refractivity contribution is 7.21. The number of hydrogen-bond acceptors (Lipinski definition) is 5. The van der Waals surface area contributed by atoms with Crippen LogP contribution in [0.3, 0.4) is 0 Å². The zero-order valence-corrected chi connectivity index (χ0v) is 13.5. The lowest BCUT2D eigenvalue weighted by molar-refractivity contribution is 0.0917. The molecule has 1 atom stereocenters. The van der Waals surface area contributed by atoms with E-state index in [0.29, 0.717) is 16.3 Å². The van der Waals surface area contributed by atoms with E-state index in [1.165, 1.54) is 11.3 Å². The molecule has 7 nitrogen and oxygen atoms in total. The van der Waals surface area contributed by atoms with Crippen LogP contribution in [0, 0.1) is 0 Å². The second-order valence-electron chi connectivity index (χ2n) is 6.00. The number of amides is 3. The lowest BCUT2D eigenvalue weighted by atomic mass is 10.1. The van der Waals surface area contributed by atoms with Gasteiger partial charge in [-0.05, 0) is 32.5 Å². The Morgan fingerprint density at radius 2 is 2.35 bits per heavy atom. The van der Waals surface area contributed by atoms with Crippen molar-refractivity contribution in [2.75, 3.05) is 30.8 Å². The zero-order valence-electron chi connectivity index (χ0n) is 12.7.